The highest BCUT2D eigenvalue weighted by atomic mass is 16.4. The fourth-order valence-electron chi connectivity index (χ4n) is 2.92. The predicted octanol–water partition coefficient (Wildman–Crippen LogP) is 1.29. The number of likely N-dealkylation sites (tertiary alicyclic amines) is 1. The molecule has 2 unspecified atom stereocenters. The Balaban J connectivity index is 1.93. The van der Waals surface area contributed by atoms with Crippen molar-refractivity contribution in [3.8, 4) is 0 Å². The van der Waals surface area contributed by atoms with Gasteiger partial charge in [-0.3, -0.25) is 14.4 Å². The molecule has 1 heterocycles. The number of piperidine rings is 1. The van der Waals surface area contributed by atoms with Gasteiger partial charge in [0.2, 0.25) is 5.91 Å². The fraction of sp³-hybridized carbons (Fsp3) is 0.471. The van der Waals surface area contributed by atoms with Gasteiger partial charge in [0.15, 0.2) is 0 Å². The molecule has 1 aliphatic rings. The number of aryl methyl sites for hydroxylation is 1. The van der Waals surface area contributed by atoms with Crippen molar-refractivity contribution in [1.82, 2.24) is 10.2 Å². The number of rotatable bonds is 4. The molecule has 1 saturated heterocycles. The summed E-state index contributed by atoms with van der Waals surface area (Å²) in [5.74, 6) is -1.81. The van der Waals surface area contributed by atoms with E-state index in [9.17, 15) is 14.4 Å². The lowest BCUT2D eigenvalue weighted by Crippen LogP contribution is -2.48. The number of amides is 2. The fourth-order valence-corrected chi connectivity index (χ4v) is 2.92. The molecule has 23 heavy (non-hydrogen) atoms. The van der Waals surface area contributed by atoms with Crippen LogP contribution in [0.2, 0.25) is 0 Å². The van der Waals surface area contributed by atoms with Gasteiger partial charge >= 0.3 is 5.97 Å². The zero-order valence-electron chi connectivity index (χ0n) is 13.4. The summed E-state index contributed by atoms with van der Waals surface area (Å²) in [7, 11) is 0. The summed E-state index contributed by atoms with van der Waals surface area (Å²) in [6.07, 6.45) is 0.578. The SMILES string of the molecule is Cc1ccccc1C(=O)NCC(=O)N1CC(C)CC(C(=O)O)C1. The smallest absolute Gasteiger partial charge is 0.308 e. The number of benzene rings is 1. The van der Waals surface area contributed by atoms with Crippen molar-refractivity contribution in [3.05, 3.63) is 35.4 Å². The van der Waals surface area contributed by atoms with Gasteiger partial charge in [0, 0.05) is 18.7 Å². The number of carbonyl (C=O) groups is 3. The van der Waals surface area contributed by atoms with Crippen LogP contribution in [0.4, 0.5) is 0 Å². The Labute approximate surface area is 135 Å². The topological polar surface area (TPSA) is 86.7 Å². The first-order chi connectivity index (χ1) is 10.9. The molecule has 2 atom stereocenters. The average Bonchev–Trinajstić information content (AvgIpc) is 2.52. The maximum absolute atomic E-state index is 12.3. The molecule has 1 aromatic carbocycles. The van der Waals surface area contributed by atoms with Crippen LogP contribution in [-0.4, -0.2) is 47.4 Å². The Hall–Kier alpha value is -2.37. The first-order valence-corrected chi connectivity index (χ1v) is 7.73. The lowest BCUT2D eigenvalue weighted by Gasteiger charge is -2.34. The molecular weight excluding hydrogens is 296 g/mol. The number of hydrogen-bond donors (Lipinski definition) is 2. The van der Waals surface area contributed by atoms with Crippen molar-refractivity contribution in [2.24, 2.45) is 11.8 Å². The largest absolute Gasteiger partial charge is 0.481 e. The zero-order valence-corrected chi connectivity index (χ0v) is 13.4. The minimum Gasteiger partial charge on any atom is -0.481 e. The van der Waals surface area contributed by atoms with E-state index in [1.54, 1.807) is 12.1 Å². The monoisotopic (exact) mass is 318 g/mol. The van der Waals surface area contributed by atoms with Crippen LogP contribution in [0.3, 0.4) is 0 Å². The molecule has 0 aromatic heterocycles. The van der Waals surface area contributed by atoms with Crippen molar-refractivity contribution in [3.63, 3.8) is 0 Å². The molecule has 1 aromatic rings. The van der Waals surface area contributed by atoms with Crippen LogP contribution in [0, 0.1) is 18.8 Å². The predicted molar refractivity (Wildman–Crippen MR) is 85.0 cm³/mol. The van der Waals surface area contributed by atoms with E-state index in [4.69, 9.17) is 5.11 Å². The molecular formula is C17H22N2O4. The normalized spacial score (nSPS) is 20.9. The van der Waals surface area contributed by atoms with Gasteiger partial charge < -0.3 is 15.3 Å². The van der Waals surface area contributed by atoms with Crippen LogP contribution in [0.25, 0.3) is 0 Å². The Kier molecular flexibility index (Phi) is 5.36. The van der Waals surface area contributed by atoms with Gasteiger partial charge in [-0.15, -0.1) is 0 Å². The van der Waals surface area contributed by atoms with Crippen LogP contribution < -0.4 is 5.32 Å². The third kappa shape index (κ3) is 4.31. The second-order valence-electron chi connectivity index (χ2n) is 6.17. The molecule has 0 radical (unpaired) electrons. The molecule has 0 aliphatic carbocycles. The number of nitrogens with zero attached hydrogens (tertiary/aromatic N) is 1. The number of carboxylic acid groups (broad SMARTS) is 1. The third-order valence-electron chi connectivity index (χ3n) is 4.15. The second-order valence-corrected chi connectivity index (χ2v) is 6.17. The first-order valence-electron chi connectivity index (χ1n) is 7.73. The molecule has 1 fully saturated rings. The van der Waals surface area contributed by atoms with Crippen LogP contribution in [0.5, 0.6) is 0 Å². The lowest BCUT2D eigenvalue weighted by atomic mass is 9.90. The summed E-state index contributed by atoms with van der Waals surface area (Å²) in [6, 6.07) is 7.16. The van der Waals surface area contributed by atoms with Crippen LogP contribution in [0.15, 0.2) is 24.3 Å². The highest BCUT2D eigenvalue weighted by Gasteiger charge is 2.31. The molecule has 6 nitrogen and oxygen atoms in total. The Morgan fingerprint density at radius 1 is 1.26 bits per heavy atom. The molecule has 124 valence electrons. The molecule has 2 amide bonds. The number of carboxylic acids is 1. The van der Waals surface area contributed by atoms with Gasteiger partial charge in [0.05, 0.1) is 12.5 Å². The maximum atomic E-state index is 12.3. The highest BCUT2D eigenvalue weighted by molar-refractivity contribution is 5.97. The van der Waals surface area contributed by atoms with E-state index in [1.807, 2.05) is 26.0 Å². The third-order valence-corrected chi connectivity index (χ3v) is 4.15. The van der Waals surface area contributed by atoms with Gasteiger partial charge in [0.25, 0.3) is 5.91 Å². The average molecular weight is 318 g/mol. The van der Waals surface area contributed by atoms with E-state index in [-0.39, 0.29) is 30.8 Å². The highest BCUT2D eigenvalue weighted by Crippen LogP contribution is 2.21. The van der Waals surface area contributed by atoms with Gasteiger partial charge in [0.1, 0.15) is 0 Å². The second kappa shape index (κ2) is 7.26. The summed E-state index contributed by atoms with van der Waals surface area (Å²) in [6.45, 7) is 4.38. The first kappa shape index (κ1) is 17.0. The van der Waals surface area contributed by atoms with Crippen LogP contribution in [-0.2, 0) is 9.59 Å². The van der Waals surface area contributed by atoms with Crippen molar-refractivity contribution in [1.29, 1.82) is 0 Å². The summed E-state index contributed by atoms with van der Waals surface area (Å²) in [5, 5.41) is 11.8. The molecule has 2 N–H and O–H groups in total. The van der Waals surface area contributed by atoms with Gasteiger partial charge in [-0.05, 0) is 30.9 Å². The summed E-state index contributed by atoms with van der Waals surface area (Å²) < 4.78 is 0. The van der Waals surface area contributed by atoms with Gasteiger partial charge in [-0.1, -0.05) is 25.1 Å². The molecule has 0 spiro atoms. The molecule has 0 saturated carbocycles. The maximum Gasteiger partial charge on any atom is 0.308 e. The van der Waals surface area contributed by atoms with Crippen molar-refractivity contribution in [2.75, 3.05) is 19.6 Å². The van der Waals surface area contributed by atoms with E-state index >= 15 is 0 Å². The molecule has 2 rings (SSSR count). The minimum atomic E-state index is -0.877. The van der Waals surface area contributed by atoms with Crippen LogP contribution >= 0.6 is 0 Å². The van der Waals surface area contributed by atoms with Crippen molar-refractivity contribution >= 4 is 17.8 Å². The summed E-state index contributed by atoms with van der Waals surface area (Å²) in [5.41, 5.74) is 1.38. The van der Waals surface area contributed by atoms with Crippen molar-refractivity contribution in [2.45, 2.75) is 20.3 Å². The molecule has 0 bridgehead atoms. The number of aliphatic carboxylic acids is 1. The Bertz CT molecular complexity index is 614. The van der Waals surface area contributed by atoms with E-state index in [2.05, 4.69) is 5.32 Å². The van der Waals surface area contributed by atoms with Gasteiger partial charge in [-0.25, -0.2) is 0 Å². The van der Waals surface area contributed by atoms with E-state index < -0.39 is 11.9 Å². The van der Waals surface area contributed by atoms with E-state index in [0.717, 1.165) is 5.56 Å². The summed E-state index contributed by atoms with van der Waals surface area (Å²) >= 11 is 0. The number of nitrogens with one attached hydrogen (secondary N) is 1. The van der Waals surface area contributed by atoms with Crippen molar-refractivity contribution < 1.29 is 19.5 Å². The zero-order chi connectivity index (χ0) is 17.0. The summed E-state index contributed by atoms with van der Waals surface area (Å²) in [4.78, 5) is 37.0. The molecule has 6 heteroatoms. The number of hydrogen-bond acceptors (Lipinski definition) is 3. The molecule has 1 aliphatic heterocycles. The van der Waals surface area contributed by atoms with E-state index in [0.29, 0.717) is 18.5 Å². The lowest BCUT2D eigenvalue weighted by molar-refractivity contribution is -0.146. The van der Waals surface area contributed by atoms with E-state index in [1.165, 1.54) is 4.90 Å². The Morgan fingerprint density at radius 2 is 1.96 bits per heavy atom. The van der Waals surface area contributed by atoms with Crippen LogP contribution in [0.1, 0.15) is 29.3 Å². The van der Waals surface area contributed by atoms with Gasteiger partial charge in [-0.2, -0.15) is 0 Å². The standard InChI is InChI=1S/C17H22N2O4/c1-11-7-13(17(22)23)10-19(9-11)15(20)8-18-16(21)14-6-4-3-5-12(14)2/h3-6,11,13H,7-10H2,1-2H3,(H,18,21)(H,22,23). The minimum absolute atomic E-state index is 0.119. The quantitative estimate of drug-likeness (QED) is 0.876. The Morgan fingerprint density at radius 3 is 2.61 bits per heavy atom. The number of carbonyl (C=O) groups excluding carboxylic acids is 2.